The number of hydrogen-bond donors (Lipinski definition) is 2. The molecule has 538 valence electrons. The van der Waals surface area contributed by atoms with E-state index in [0.29, 0.717) is 25.7 Å². The number of hydrogen-bond acceptors (Lipinski definition) is 14. The lowest BCUT2D eigenvalue weighted by Crippen LogP contribution is -2.69. The van der Waals surface area contributed by atoms with Gasteiger partial charge in [-0.2, -0.15) is 0 Å². The quantitative estimate of drug-likeness (QED) is 0.0271. The molecule has 1 aromatic rings. The average molecular weight is 1380 g/mol. The van der Waals surface area contributed by atoms with Gasteiger partial charge in [-0.1, -0.05) is 298 Å². The van der Waals surface area contributed by atoms with Crippen LogP contribution in [0, 0.1) is 0 Å². The SMILES string of the molecule is CCCCCCCCCCCC(=O)O[C@H](CCCCCCCCCCC)CC(=O)N[C@@H](COCc1ccccc1)CO[C@@H]1O[C@@H]2COC(C)(C)O[C@H]2[C@H](OC(=O)C[C@@H](CCCCCCCCCCC)OC(=O)CCCCCCCCCCC)[C@H]1NC(=O)OCC(Cl)(Cl)Cl. The molecule has 0 saturated carbocycles. The number of esters is 3. The third-order valence-corrected chi connectivity index (χ3v) is 17.8. The summed E-state index contributed by atoms with van der Waals surface area (Å²) in [5.41, 5.74) is 0.913. The summed E-state index contributed by atoms with van der Waals surface area (Å²) < 4.78 is 54.2. The summed E-state index contributed by atoms with van der Waals surface area (Å²) in [6.07, 6.45) is 34.3. The summed E-state index contributed by atoms with van der Waals surface area (Å²) in [4.78, 5) is 69.8. The Hall–Kier alpha value is -2.96. The fourth-order valence-corrected chi connectivity index (χ4v) is 12.3. The molecule has 93 heavy (non-hydrogen) atoms. The van der Waals surface area contributed by atoms with E-state index >= 15 is 0 Å². The van der Waals surface area contributed by atoms with Crippen molar-refractivity contribution < 1.29 is 66.6 Å². The average Bonchev–Trinajstić information content (AvgIpc) is 0.772. The highest BCUT2D eigenvalue weighted by molar-refractivity contribution is 6.67. The lowest BCUT2D eigenvalue weighted by molar-refractivity contribution is -0.369. The zero-order valence-corrected chi connectivity index (χ0v) is 60.9. The molecule has 2 aliphatic heterocycles. The van der Waals surface area contributed by atoms with E-state index in [4.69, 9.17) is 77.4 Å². The van der Waals surface area contributed by atoms with Gasteiger partial charge in [-0.25, -0.2) is 4.79 Å². The molecule has 2 fully saturated rings. The van der Waals surface area contributed by atoms with Gasteiger partial charge in [0.15, 0.2) is 18.2 Å². The van der Waals surface area contributed by atoms with Gasteiger partial charge < -0.3 is 53.3 Å². The van der Waals surface area contributed by atoms with Crippen LogP contribution in [0.2, 0.25) is 0 Å². The van der Waals surface area contributed by atoms with Gasteiger partial charge in [-0.05, 0) is 57.9 Å². The van der Waals surface area contributed by atoms with Crippen molar-refractivity contribution in [2.45, 2.75) is 376 Å². The zero-order valence-electron chi connectivity index (χ0n) is 58.6. The highest BCUT2D eigenvalue weighted by atomic mass is 35.6. The van der Waals surface area contributed by atoms with Crippen LogP contribution in [-0.4, -0.2) is 115 Å². The summed E-state index contributed by atoms with van der Waals surface area (Å²) >= 11 is 18.1. The number of ether oxygens (including phenoxy) is 9. The first kappa shape index (κ1) is 84.3. The van der Waals surface area contributed by atoms with Gasteiger partial charge in [0.05, 0.1) is 45.3 Å². The van der Waals surface area contributed by atoms with E-state index in [-0.39, 0.29) is 63.5 Å². The van der Waals surface area contributed by atoms with E-state index in [1.807, 2.05) is 30.3 Å². The number of carbonyl (C=O) groups is 5. The van der Waals surface area contributed by atoms with Crippen LogP contribution < -0.4 is 10.6 Å². The van der Waals surface area contributed by atoms with Gasteiger partial charge in [-0.3, -0.25) is 19.2 Å². The third kappa shape index (κ3) is 43.1. The molecule has 2 amide bonds. The summed E-state index contributed by atoms with van der Waals surface area (Å²) in [5.74, 6) is -2.90. The highest BCUT2D eigenvalue weighted by Gasteiger charge is 2.54. The molecule has 0 aliphatic carbocycles. The Balaban J connectivity index is 1.89. The Morgan fingerprint density at radius 1 is 0.570 bits per heavy atom. The minimum Gasteiger partial charge on any atom is -0.462 e. The number of amides is 2. The van der Waals surface area contributed by atoms with E-state index in [1.54, 1.807) is 13.8 Å². The maximum absolute atomic E-state index is 14.6. The van der Waals surface area contributed by atoms with Crippen LogP contribution in [0.1, 0.15) is 317 Å². The van der Waals surface area contributed by atoms with Gasteiger partial charge in [0.25, 0.3) is 0 Å². The van der Waals surface area contributed by atoms with Crippen LogP contribution in [0.15, 0.2) is 30.3 Å². The van der Waals surface area contributed by atoms with Crippen LogP contribution in [0.5, 0.6) is 0 Å². The van der Waals surface area contributed by atoms with Crippen LogP contribution in [-0.2, 0) is 68.4 Å². The number of alkyl carbamates (subject to hydrolysis) is 1. The maximum Gasteiger partial charge on any atom is 0.407 e. The van der Waals surface area contributed by atoms with Crippen molar-refractivity contribution in [2.75, 3.05) is 26.4 Å². The van der Waals surface area contributed by atoms with Crippen LogP contribution in [0.4, 0.5) is 4.79 Å². The number of halogens is 3. The second-order valence-corrected chi connectivity index (χ2v) is 29.3. The second kappa shape index (κ2) is 53.1. The Bertz CT molecular complexity index is 2070. The highest BCUT2D eigenvalue weighted by Crippen LogP contribution is 2.36. The van der Waals surface area contributed by atoms with Crippen molar-refractivity contribution in [3.8, 4) is 0 Å². The molecule has 2 aliphatic rings. The standard InChI is InChI=1S/C74H127Cl3N2O14/c1-7-11-15-19-23-27-31-35-42-48-61(89-65(81)50-44-37-33-29-25-21-17-13-9-3)52-64(80)78-60(55-85-54-59-46-40-39-41-47-59)56-86-71-68(79-72(84)87-58-74(75,76)77)70(69-63(91-71)57-88-73(5,6)93-69)92-67(83)53-62(49-43-36-32-28-24-20-16-12-8-2)90-66(82)51-45-38-34-30-26-22-18-14-10-4/h39-41,46-47,60-63,68-71H,7-38,42-45,48-58H2,1-6H3,(H,78,80)(H,79,84)/t60-,61+,62+,63+,68+,69+,70+,71+/m0/s1. The lowest BCUT2D eigenvalue weighted by atomic mass is 9.95. The van der Waals surface area contributed by atoms with Gasteiger partial charge >= 0.3 is 24.0 Å². The van der Waals surface area contributed by atoms with Gasteiger partial charge in [0.1, 0.15) is 37.1 Å². The second-order valence-electron chi connectivity index (χ2n) is 26.8. The van der Waals surface area contributed by atoms with Crippen molar-refractivity contribution in [3.05, 3.63) is 35.9 Å². The molecule has 16 nitrogen and oxygen atoms in total. The molecule has 1 aromatic carbocycles. The van der Waals surface area contributed by atoms with Crippen LogP contribution in [0.3, 0.4) is 0 Å². The van der Waals surface area contributed by atoms with Crippen molar-refractivity contribution in [3.63, 3.8) is 0 Å². The number of unbranched alkanes of at least 4 members (excludes halogenated alkanes) is 32. The minimum atomic E-state index is -1.96. The summed E-state index contributed by atoms with van der Waals surface area (Å²) in [6, 6.07) is 7.49. The molecule has 0 radical (unpaired) electrons. The van der Waals surface area contributed by atoms with E-state index in [9.17, 15) is 24.0 Å². The predicted octanol–water partition coefficient (Wildman–Crippen LogP) is 19.2. The molecule has 2 N–H and O–H groups in total. The molecular formula is C74H127Cl3N2O14. The first-order valence-corrected chi connectivity index (χ1v) is 38.2. The number of rotatable bonds is 57. The van der Waals surface area contributed by atoms with E-state index in [2.05, 4.69) is 38.3 Å². The number of carbonyl (C=O) groups excluding carboxylic acids is 5. The Labute approximate surface area is 577 Å². The molecule has 0 aromatic heterocycles. The number of fused-ring (bicyclic) bond motifs is 1. The van der Waals surface area contributed by atoms with Gasteiger partial charge in [0.2, 0.25) is 9.70 Å². The largest absolute Gasteiger partial charge is 0.462 e. The smallest absolute Gasteiger partial charge is 0.407 e. The molecule has 0 spiro atoms. The van der Waals surface area contributed by atoms with Gasteiger partial charge in [-0.15, -0.1) is 0 Å². The molecular weight excluding hydrogens is 1250 g/mol. The summed E-state index contributed by atoms with van der Waals surface area (Å²) in [7, 11) is 0. The van der Waals surface area contributed by atoms with Gasteiger partial charge in [0, 0.05) is 12.8 Å². The topological polar surface area (TPSA) is 192 Å². The fraction of sp³-hybridized carbons (Fsp3) is 0.851. The molecule has 0 bridgehead atoms. The van der Waals surface area contributed by atoms with E-state index in [0.717, 1.165) is 102 Å². The minimum absolute atomic E-state index is 0.00769. The Morgan fingerprint density at radius 2 is 1.01 bits per heavy atom. The number of benzene rings is 1. The number of nitrogens with one attached hydrogen (secondary N) is 2. The number of alkyl halides is 3. The van der Waals surface area contributed by atoms with Crippen molar-refractivity contribution in [2.24, 2.45) is 0 Å². The van der Waals surface area contributed by atoms with Crippen molar-refractivity contribution in [1.29, 1.82) is 0 Å². The Morgan fingerprint density at radius 3 is 1.47 bits per heavy atom. The molecule has 2 heterocycles. The zero-order chi connectivity index (χ0) is 67.6. The van der Waals surface area contributed by atoms with Crippen LogP contribution >= 0.6 is 34.8 Å². The van der Waals surface area contributed by atoms with Crippen molar-refractivity contribution in [1.82, 2.24) is 10.6 Å². The molecule has 19 heteroatoms. The third-order valence-electron chi connectivity index (χ3n) is 17.5. The first-order chi connectivity index (χ1) is 44.9. The molecule has 8 atom stereocenters. The molecule has 0 unspecified atom stereocenters. The monoisotopic (exact) mass is 1370 g/mol. The normalized spacial score (nSPS) is 18.8. The first-order valence-electron chi connectivity index (χ1n) is 37.0. The summed E-state index contributed by atoms with van der Waals surface area (Å²) in [5, 5.41) is 5.88. The molecule has 2 saturated heterocycles. The maximum atomic E-state index is 14.6. The fourth-order valence-electron chi connectivity index (χ4n) is 12.1. The van der Waals surface area contributed by atoms with Crippen molar-refractivity contribution >= 4 is 64.7 Å². The predicted molar refractivity (Wildman–Crippen MR) is 372 cm³/mol. The lowest BCUT2D eigenvalue weighted by Gasteiger charge is -2.50. The molecule has 3 rings (SSSR count). The van der Waals surface area contributed by atoms with E-state index in [1.165, 1.54) is 128 Å². The summed E-state index contributed by atoms with van der Waals surface area (Å²) in [6.45, 7) is 11.7. The van der Waals surface area contributed by atoms with E-state index < -0.39 is 77.1 Å². The Kier molecular flexibility index (Phi) is 48.1. The van der Waals surface area contributed by atoms with Crippen LogP contribution in [0.25, 0.3) is 0 Å².